The maximum atomic E-state index is 10.6. The minimum atomic E-state index is -0.752. The Hall–Kier alpha value is -1.75. The van der Waals surface area contributed by atoms with Crippen LogP contribution in [0.5, 0.6) is 11.5 Å². The largest absolute Gasteiger partial charge is 0.493 e. The topological polar surface area (TPSA) is 59.0 Å². The third kappa shape index (κ3) is 3.17. The van der Waals surface area contributed by atoms with Gasteiger partial charge in [0, 0.05) is 19.6 Å². The average molecular weight is 265 g/mol. The van der Waals surface area contributed by atoms with E-state index in [9.17, 15) is 4.79 Å². The van der Waals surface area contributed by atoms with Crippen molar-refractivity contribution in [1.29, 1.82) is 0 Å². The lowest BCUT2D eigenvalue weighted by Gasteiger charge is -2.29. The summed E-state index contributed by atoms with van der Waals surface area (Å²) in [5.74, 6) is 0.722. The monoisotopic (exact) mass is 265 g/mol. The van der Waals surface area contributed by atoms with Crippen molar-refractivity contribution in [1.82, 2.24) is 4.90 Å². The van der Waals surface area contributed by atoms with E-state index in [1.165, 1.54) is 11.1 Å². The summed E-state index contributed by atoms with van der Waals surface area (Å²) in [4.78, 5) is 12.8. The highest BCUT2D eigenvalue weighted by atomic mass is 16.5. The molecule has 0 bridgehead atoms. The predicted octanol–water partition coefficient (Wildman–Crippen LogP) is 1.54. The molecule has 1 aromatic carbocycles. The van der Waals surface area contributed by atoms with E-state index in [2.05, 4.69) is 4.90 Å². The molecule has 0 fully saturated rings. The third-order valence-corrected chi connectivity index (χ3v) is 3.44. The Morgan fingerprint density at radius 3 is 2.47 bits per heavy atom. The van der Waals surface area contributed by atoms with Gasteiger partial charge < -0.3 is 14.6 Å². The molecule has 0 aliphatic carbocycles. The summed E-state index contributed by atoms with van der Waals surface area (Å²) in [5.41, 5.74) is 2.44. The highest BCUT2D eigenvalue weighted by molar-refractivity contribution is 5.66. The van der Waals surface area contributed by atoms with Crippen LogP contribution >= 0.6 is 0 Å². The molecule has 1 N–H and O–H groups in total. The predicted molar refractivity (Wildman–Crippen MR) is 70.8 cm³/mol. The van der Waals surface area contributed by atoms with Gasteiger partial charge in [0.25, 0.3) is 0 Å². The fourth-order valence-electron chi connectivity index (χ4n) is 2.39. The van der Waals surface area contributed by atoms with Crippen molar-refractivity contribution < 1.29 is 19.4 Å². The van der Waals surface area contributed by atoms with Crippen LogP contribution < -0.4 is 9.47 Å². The molecule has 0 atom stereocenters. The summed E-state index contributed by atoms with van der Waals surface area (Å²) in [6.45, 7) is 2.24. The van der Waals surface area contributed by atoms with Gasteiger partial charge in [-0.05, 0) is 29.7 Å². The van der Waals surface area contributed by atoms with Gasteiger partial charge in [0.15, 0.2) is 11.5 Å². The average Bonchev–Trinajstić information content (AvgIpc) is 2.43. The number of fused-ring (bicyclic) bond motifs is 1. The lowest BCUT2D eigenvalue weighted by molar-refractivity contribution is -0.137. The molecule has 0 spiro atoms. The van der Waals surface area contributed by atoms with Crippen LogP contribution in [0.2, 0.25) is 0 Å². The molecule has 1 aromatic rings. The molecule has 0 amide bonds. The molecule has 1 heterocycles. The Labute approximate surface area is 112 Å². The smallest absolute Gasteiger partial charge is 0.304 e. The standard InChI is InChI=1S/C14H19NO4/c1-18-12-7-10-3-5-15(6-4-14(16)17)9-11(10)8-13(12)19-2/h7-8H,3-6,9H2,1-2H3,(H,16,17). The van der Waals surface area contributed by atoms with E-state index in [1.54, 1.807) is 14.2 Å². The molecule has 2 rings (SSSR count). The first kappa shape index (κ1) is 13.7. The van der Waals surface area contributed by atoms with Gasteiger partial charge in [-0.2, -0.15) is 0 Å². The highest BCUT2D eigenvalue weighted by Crippen LogP contribution is 2.33. The number of hydrogen-bond donors (Lipinski definition) is 1. The third-order valence-electron chi connectivity index (χ3n) is 3.44. The number of ether oxygens (including phenoxy) is 2. The van der Waals surface area contributed by atoms with Crippen molar-refractivity contribution in [3.8, 4) is 11.5 Å². The number of rotatable bonds is 5. The van der Waals surface area contributed by atoms with Gasteiger partial charge in [-0.15, -0.1) is 0 Å². The number of carboxylic acid groups (broad SMARTS) is 1. The Balaban J connectivity index is 2.13. The van der Waals surface area contributed by atoms with Crippen molar-refractivity contribution in [3.63, 3.8) is 0 Å². The Morgan fingerprint density at radius 2 is 1.89 bits per heavy atom. The van der Waals surface area contributed by atoms with E-state index >= 15 is 0 Å². The lowest BCUT2D eigenvalue weighted by atomic mass is 9.98. The maximum absolute atomic E-state index is 10.6. The molecule has 1 aliphatic rings. The minimum absolute atomic E-state index is 0.183. The molecule has 1 aliphatic heterocycles. The molecular formula is C14H19NO4. The fraction of sp³-hybridized carbons (Fsp3) is 0.500. The second-order valence-electron chi connectivity index (χ2n) is 4.65. The van der Waals surface area contributed by atoms with Crippen molar-refractivity contribution in [2.24, 2.45) is 0 Å². The van der Waals surface area contributed by atoms with Crippen LogP contribution in [-0.2, 0) is 17.8 Å². The number of nitrogens with zero attached hydrogens (tertiary/aromatic N) is 1. The SMILES string of the molecule is COc1cc2c(cc1OC)CN(CCC(=O)O)CC2. The lowest BCUT2D eigenvalue weighted by Crippen LogP contribution is -2.32. The summed E-state index contributed by atoms with van der Waals surface area (Å²) in [7, 11) is 3.25. The Morgan fingerprint density at radius 1 is 1.26 bits per heavy atom. The number of benzene rings is 1. The normalized spacial score (nSPS) is 14.8. The Kier molecular flexibility index (Phi) is 4.27. The van der Waals surface area contributed by atoms with Gasteiger partial charge in [-0.3, -0.25) is 9.69 Å². The van der Waals surface area contributed by atoms with E-state index in [0.29, 0.717) is 6.54 Å². The highest BCUT2D eigenvalue weighted by Gasteiger charge is 2.19. The van der Waals surface area contributed by atoms with Crippen LogP contribution in [-0.4, -0.2) is 43.3 Å². The first-order chi connectivity index (χ1) is 9.13. The number of aliphatic carboxylic acids is 1. The molecule has 0 saturated heterocycles. The van der Waals surface area contributed by atoms with Crippen molar-refractivity contribution in [2.45, 2.75) is 19.4 Å². The number of carboxylic acids is 1. The maximum Gasteiger partial charge on any atom is 0.304 e. The van der Waals surface area contributed by atoms with Gasteiger partial charge in [0.2, 0.25) is 0 Å². The quantitative estimate of drug-likeness (QED) is 0.875. The summed E-state index contributed by atoms with van der Waals surface area (Å²) < 4.78 is 10.6. The first-order valence-electron chi connectivity index (χ1n) is 6.32. The summed E-state index contributed by atoms with van der Waals surface area (Å²) >= 11 is 0. The second kappa shape index (κ2) is 5.93. The van der Waals surface area contributed by atoms with Crippen LogP contribution in [0, 0.1) is 0 Å². The van der Waals surface area contributed by atoms with E-state index in [-0.39, 0.29) is 6.42 Å². The molecule has 5 nitrogen and oxygen atoms in total. The summed E-state index contributed by atoms with van der Waals surface area (Å²) in [5, 5.41) is 8.73. The summed E-state index contributed by atoms with van der Waals surface area (Å²) in [6.07, 6.45) is 1.10. The van der Waals surface area contributed by atoms with E-state index in [1.807, 2.05) is 12.1 Å². The molecule has 0 unspecified atom stereocenters. The zero-order chi connectivity index (χ0) is 13.8. The molecule has 5 heteroatoms. The van der Waals surface area contributed by atoms with E-state index in [4.69, 9.17) is 14.6 Å². The van der Waals surface area contributed by atoms with Crippen molar-refractivity contribution in [3.05, 3.63) is 23.3 Å². The van der Waals surface area contributed by atoms with Crippen LogP contribution in [0.4, 0.5) is 0 Å². The van der Waals surface area contributed by atoms with Gasteiger partial charge >= 0.3 is 5.97 Å². The fourth-order valence-corrected chi connectivity index (χ4v) is 2.39. The molecule has 0 aromatic heterocycles. The Bertz CT molecular complexity index is 473. The van der Waals surface area contributed by atoms with Gasteiger partial charge in [0.05, 0.1) is 20.6 Å². The molecular weight excluding hydrogens is 246 g/mol. The molecule has 104 valence electrons. The van der Waals surface area contributed by atoms with Gasteiger partial charge in [-0.1, -0.05) is 0 Å². The zero-order valence-corrected chi connectivity index (χ0v) is 11.3. The zero-order valence-electron chi connectivity index (χ0n) is 11.3. The van der Waals surface area contributed by atoms with Crippen LogP contribution in [0.15, 0.2) is 12.1 Å². The van der Waals surface area contributed by atoms with Crippen molar-refractivity contribution >= 4 is 5.97 Å². The molecule has 0 saturated carbocycles. The van der Waals surface area contributed by atoms with Crippen LogP contribution in [0.3, 0.4) is 0 Å². The molecule has 19 heavy (non-hydrogen) atoms. The van der Waals surface area contributed by atoms with E-state index in [0.717, 1.165) is 31.0 Å². The van der Waals surface area contributed by atoms with Gasteiger partial charge in [-0.25, -0.2) is 0 Å². The minimum Gasteiger partial charge on any atom is -0.493 e. The van der Waals surface area contributed by atoms with E-state index < -0.39 is 5.97 Å². The summed E-state index contributed by atoms with van der Waals surface area (Å²) in [6, 6.07) is 4.00. The second-order valence-corrected chi connectivity index (χ2v) is 4.65. The van der Waals surface area contributed by atoms with Gasteiger partial charge in [0.1, 0.15) is 0 Å². The number of carbonyl (C=O) groups is 1. The first-order valence-corrected chi connectivity index (χ1v) is 6.32. The number of hydrogen-bond acceptors (Lipinski definition) is 4. The molecule has 0 radical (unpaired) electrons. The van der Waals surface area contributed by atoms with Crippen molar-refractivity contribution in [2.75, 3.05) is 27.3 Å². The van der Waals surface area contributed by atoms with Crippen LogP contribution in [0.25, 0.3) is 0 Å². The van der Waals surface area contributed by atoms with Crippen LogP contribution in [0.1, 0.15) is 17.5 Å². The number of methoxy groups -OCH3 is 2.